The predicted molar refractivity (Wildman–Crippen MR) is 75.1 cm³/mol. The summed E-state index contributed by atoms with van der Waals surface area (Å²) >= 11 is 3.24. The lowest BCUT2D eigenvalue weighted by Crippen LogP contribution is -2.20. The van der Waals surface area contributed by atoms with Crippen LogP contribution in [0.1, 0.15) is 23.6 Å². The van der Waals surface area contributed by atoms with Gasteiger partial charge in [0.2, 0.25) is 0 Å². The van der Waals surface area contributed by atoms with Crippen molar-refractivity contribution in [2.24, 2.45) is 0 Å². The molecule has 1 heterocycles. The Labute approximate surface area is 122 Å². The first-order valence-corrected chi connectivity index (χ1v) is 7.04. The Hall–Kier alpha value is -1.49. The fraction of sp³-hybridized carbons (Fsp3) is 0.200. The second-order valence-electron chi connectivity index (χ2n) is 4.80. The van der Waals surface area contributed by atoms with Gasteiger partial charge in [-0.05, 0) is 52.5 Å². The molecule has 1 unspecified atom stereocenters. The van der Waals surface area contributed by atoms with Crippen LogP contribution in [0.2, 0.25) is 0 Å². The molecule has 0 spiro atoms. The summed E-state index contributed by atoms with van der Waals surface area (Å²) in [5.74, 6) is -1.98. The summed E-state index contributed by atoms with van der Waals surface area (Å²) in [5, 5.41) is 3.16. The fourth-order valence-corrected chi connectivity index (χ4v) is 3.10. The van der Waals surface area contributed by atoms with Crippen LogP contribution >= 0.6 is 15.9 Å². The number of halogens is 4. The molecule has 0 aliphatic carbocycles. The van der Waals surface area contributed by atoms with Crippen LogP contribution in [0.25, 0.3) is 0 Å². The predicted octanol–water partition coefficient (Wildman–Crippen LogP) is 4.97. The van der Waals surface area contributed by atoms with Gasteiger partial charge >= 0.3 is 0 Å². The Kier molecular flexibility index (Phi) is 3.46. The van der Waals surface area contributed by atoms with Crippen molar-refractivity contribution in [1.29, 1.82) is 0 Å². The maximum Gasteiger partial charge on any atom is 0.164 e. The van der Waals surface area contributed by atoms with E-state index >= 15 is 0 Å². The van der Waals surface area contributed by atoms with E-state index in [0.717, 1.165) is 11.6 Å². The summed E-state index contributed by atoms with van der Waals surface area (Å²) in [6.45, 7) is 0. The number of fused-ring (bicyclic) bond motifs is 1. The van der Waals surface area contributed by atoms with Crippen LogP contribution in [0.15, 0.2) is 34.8 Å². The van der Waals surface area contributed by atoms with Crippen molar-refractivity contribution in [2.45, 2.75) is 18.9 Å². The van der Waals surface area contributed by atoms with Gasteiger partial charge in [0.05, 0.1) is 11.7 Å². The first-order valence-electron chi connectivity index (χ1n) is 6.24. The number of benzene rings is 2. The minimum Gasteiger partial charge on any atom is -0.377 e. The highest BCUT2D eigenvalue weighted by molar-refractivity contribution is 9.10. The molecule has 5 heteroatoms. The number of hydrogen-bond acceptors (Lipinski definition) is 1. The molecule has 0 saturated heterocycles. The molecule has 3 rings (SSSR count). The Bertz CT molecular complexity index is 672. The lowest BCUT2D eigenvalue weighted by atomic mass is 9.93. The molecular formula is C15H11BrF3N. The van der Waals surface area contributed by atoms with Crippen LogP contribution in [0.4, 0.5) is 18.9 Å². The van der Waals surface area contributed by atoms with Crippen molar-refractivity contribution in [1.82, 2.24) is 0 Å². The third kappa shape index (κ3) is 2.30. The summed E-state index contributed by atoms with van der Waals surface area (Å²) in [4.78, 5) is 0. The van der Waals surface area contributed by atoms with Crippen LogP contribution in [-0.4, -0.2) is 0 Å². The zero-order chi connectivity index (χ0) is 14.3. The monoisotopic (exact) mass is 341 g/mol. The van der Waals surface area contributed by atoms with Crippen LogP contribution in [0.5, 0.6) is 0 Å². The first kappa shape index (κ1) is 13.5. The van der Waals surface area contributed by atoms with E-state index in [0.29, 0.717) is 28.6 Å². The van der Waals surface area contributed by atoms with Gasteiger partial charge in [-0.15, -0.1) is 0 Å². The molecule has 1 atom stereocenters. The summed E-state index contributed by atoms with van der Waals surface area (Å²) in [6, 6.07) is 7.29. The largest absolute Gasteiger partial charge is 0.377 e. The topological polar surface area (TPSA) is 12.0 Å². The maximum atomic E-state index is 13.8. The van der Waals surface area contributed by atoms with E-state index in [1.54, 1.807) is 6.07 Å². The van der Waals surface area contributed by atoms with Gasteiger partial charge in [-0.3, -0.25) is 0 Å². The maximum absolute atomic E-state index is 13.8. The molecule has 1 aliphatic heterocycles. The Morgan fingerprint density at radius 1 is 1.15 bits per heavy atom. The number of rotatable bonds is 1. The van der Waals surface area contributed by atoms with Crippen LogP contribution in [-0.2, 0) is 6.42 Å². The van der Waals surface area contributed by atoms with Crippen molar-refractivity contribution in [3.63, 3.8) is 0 Å². The van der Waals surface area contributed by atoms with Gasteiger partial charge in [0.15, 0.2) is 11.6 Å². The second-order valence-corrected chi connectivity index (χ2v) is 5.65. The van der Waals surface area contributed by atoms with E-state index in [-0.39, 0.29) is 11.9 Å². The molecule has 1 nitrogen and oxygen atoms in total. The minimum absolute atomic E-state index is 0.112. The minimum atomic E-state index is -0.860. The van der Waals surface area contributed by atoms with E-state index in [2.05, 4.69) is 21.2 Å². The van der Waals surface area contributed by atoms with Crippen molar-refractivity contribution < 1.29 is 13.2 Å². The Morgan fingerprint density at radius 2 is 1.95 bits per heavy atom. The molecule has 2 aromatic rings. The van der Waals surface area contributed by atoms with Gasteiger partial charge in [0.25, 0.3) is 0 Å². The molecule has 0 bridgehead atoms. The van der Waals surface area contributed by atoms with E-state index in [4.69, 9.17) is 0 Å². The normalized spacial score (nSPS) is 17.5. The van der Waals surface area contributed by atoms with Gasteiger partial charge in [0.1, 0.15) is 5.82 Å². The van der Waals surface area contributed by atoms with Crippen LogP contribution in [0, 0.1) is 17.5 Å². The van der Waals surface area contributed by atoms with Gasteiger partial charge in [0, 0.05) is 10.0 Å². The zero-order valence-corrected chi connectivity index (χ0v) is 12.0. The molecular weight excluding hydrogens is 331 g/mol. The van der Waals surface area contributed by atoms with E-state index in [1.807, 2.05) is 6.07 Å². The van der Waals surface area contributed by atoms with Gasteiger partial charge in [-0.2, -0.15) is 0 Å². The highest BCUT2D eigenvalue weighted by Gasteiger charge is 2.25. The van der Waals surface area contributed by atoms with Crippen molar-refractivity contribution in [3.05, 3.63) is 63.4 Å². The fourth-order valence-electron chi connectivity index (χ4n) is 2.54. The molecule has 0 amide bonds. The van der Waals surface area contributed by atoms with Gasteiger partial charge in [-0.25, -0.2) is 13.2 Å². The number of anilines is 1. The molecule has 0 radical (unpaired) electrons. The molecule has 104 valence electrons. The Morgan fingerprint density at radius 3 is 2.70 bits per heavy atom. The zero-order valence-electron chi connectivity index (χ0n) is 10.4. The summed E-state index contributed by atoms with van der Waals surface area (Å²) < 4.78 is 40.9. The molecule has 1 aliphatic rings. The van der Waals surface area contributed by atoms with Crippen molar-refractivity contribution in [3.8, 4) is 0 Å². The summed E-state index contributed by atoms with van der Waals surface area (Å²) in [6.07, 6.45) is 0.995. The molecule has 0 saturated carbocycles. The smallest absolute Gasteiger partial charge is 0.164 e. The average molecular weight is 342 g/mol. The van der Waals surface area contributed by atoms with Crippen molar-refractivity contribution >= 4 is 21.6 Å². The lowest BCUT2D eigenvalue weighted by Gasteiger charge is -2.28. The van der Waals surface area contributed by atoms with Crippen LogP contribution < -0.4 is 5.32 Å². The quantitative estimate of drug-likeness (QED) is 0.722. The summed E-state index contributed by atoms with van der Waals surface area (Å²) in [7, 11) is 0. The number of hydrogen-bond donors (Lipinski definition) is 1. The number of nitrogens with one attached hydrogen (secondary N) is 1. The highest BCUT2D eigenvalue weighted by Crippen LogP contribution is 2.39. The molecule has 20 heavy (non-hydrogen) atoms. The van der Waals surface area contributed by atoms with Gasteiger partial charge < -0.3 is 5.32 Å². The first-order chi connectivity index (χ1) is 9.56. The second kappa shape index (κ2) is 5.13. The summed E-state index contributed by atoms with van der Waals surface area (Å²) in [5.41, 5.74) is 1.68. The van der Waals surface area contributed by atoms with E-state index in [1.165, 1.54) is 12.1 Å². The third-order valence-corrected chi connectivity index (χ3v) is 4.15. The van der Waals surface area contributed by atoms with E-state index < -0.39 is 11.6 Å². The SMILES string of the molecule is Fc1cccc(C2CCc3c(F)c(F)cc(Br)c3N2)c1. The van der Waals surface area contributed by atoms with E-state index in [9.17, 15) is 13.2 Å². The van der Waals surface area contributed by atoms with Crippen molar-refractivity contribution in [2.75, 3.05) is 5.32 Å². The third-order valence-electron chi connectivity index (χ3n) is 3.52. The van der Waals surface area contributed by atoms with Gasteiger partial charge in [-0.1, -0.05) is 12.1 Å². The molecule has 0 fully saturated rings. The average Bonchev–Trinajstić information content (AvgIpc) is 2.44. The molecule has 2 aromatic carbocycles. The lowest BCUT2D eigenvalue weighted by molar-refractivity contribution is 0.490. The highest BCUT2D eigenvalue weighted by atomic mass is 79.9. The van der Waals surface area contributed by atoms with Crippen LogP contribution in [0.3, 0.4) is 0 Å². The standard InChI is InChI=1S/C15H11BrF3N/c16-11-7-12(18)14(19)10-4-5-13(20-15(10)11)8-2-1-3-9(17)6-8/h1-3,6-7,13,20H,4-5H2. The Balaban J connectivity index is 1.98. The molecule has 0 aromatic heterocycles. The molecule has 1 N–H and O–H groups in total.